The average molecular weight is 557 g/mol. The second-order valence-electron chi connectivity index (χ2n) is 7.88. The molecule has 0 bridgehead atoms. The standard InChI is InChI=1S/C27H22Cl2N2O5S/c1-2-35-23-13-18(5-12-22(23)36-16-17-3-6-19(28)7-4-17)14-24-26(33)31(27(34)37-24)15-25(32)30-21-10-8-20(29)9-11-21/h3-14H,2,15-16H2,1H3,(H,30,32)/b24-14+. The average Bonchev–Trinajstić information content (AvgIpc) is 3.13. The zero-order chi connectivity index (χ0) is 26.4. The highest BCUT2D eigenvalue weighted by molar-refractivity contribution is 8.18. The monoisotopic (exact) mass is 556 g/mol. The van der Waals surface area contributed by atoms with Gasteiger partial charge in [0, 0.05) is 15.7 Å². The summed E-state index contributed by atoms with van der Waals surface area (Å²) in [6.07, 6.45) is 1.59. The van der Waals surface area contributed by atoms with Crippen molar-refractivity contribution >= 4 is 63.8 Å². The maximum Gasteiger partial charge on any atom is 0.294 e. The summed E-state index contributed by atoms with van der Waals surface area (Å²) in [5.74, 6) is 0.0154. The van der Waals surface area contributed by atoms with Crippen LogP contribution in [0, 0.1) is 0 Å². The zero-order valence-corrected chi connectivity index (χ0v) is 22.0. The molecule has 1 N–H and O–H groups in total. The van der Waals surface area contributed by atoms with Crippen LogP contribution in [0.5, 0.6) is 11.5 Å². The third kappa shape index (κ3) is 7.07. The Hall–Kier alpha value is -3.46. The van der Waals surface area contributed by atoms with Crippen molar-refractivity contribution in [1.29, 1.82) is 0 Å². The number of anilines is 1. The number of hydrogen-bond donors (Lipinski definition) is 1. The quantitative estimate of drug-likeness (QED) is 0.297. The molecule has 10 heteroatoms. The van der Waals surface area contributed by atoms with E-state index < -0.39 is 23.6 Å². The van der Waals surface area contributed by atoms with Crippen LogP contribution in [-0.4, -0.2) is 35.1 Å². The van der Waals surface area contributed by atoms with Crippen molar-refractivity contribution in [3.8, 4) is 11.5 Å². The Labute approximate surface area is 228 Å². The zero-order valence-electron chi connectivity index (χ0n) is 19.7. The molecule has 37 heavy (non-hydrogen) atoms. The summed E-state index contributed by atoms with van der Waals surface area (Å²) < 4.78 is 11.6. The van der Waals surface area contributed by atoms with Gasteiger partial charge in [0.25, 0.3) is 11.1 Å². The van der Waals surface area contributed by atoms with E-state index in [0.717, 1.165) is 22.2 Å². The number of rotatable bonds is 9. The first-order chi connectivity index (χ1) is 17.8. The van der Waals surface area contributed by atoms with Crippen LogP contribution in [-0.2, 0) is 16.2 Å². The fraction of sp³-hybridized carbons (Fsp3) is 0.148. The van der Waals surface area contributed by atoms with Crippen molar-refractivity contribution in [2.24, 2.45) is 0 Å². The molecule has 0 radical (unpaired) electrons. The molecule has 0 aromatic heterocycles. The predicted molar refractivity (Wildman–Crippen MR) is 146 cm³/mol. The van der Waals surface area contributed by atoms with E-state index in [4.69, 9.17) is 32.7 Å². The van der Waals surface area contributed by atoms with Gasteiger partial charge in [0.15, 0.2) is 11.5 Å². The molecule has 1 aliphatic heterocycles. The molecule has 7 nitrogen and oxygen atoms in total. The molecule has 0 unspecified atom stereocenters. The van der Waals surface area contributed by atoms with E-state index in [1.165, 1.54) is 0 Å². The van der Waals surface area contributed by atoms with Crippen LogP contribution in [0.3, 0.4) is 0 Å². The number of amides is 3. The SMILES string of the molecule is CCOc1cc(/C=C2/SC(=O)N(CC(=O)Nc3ccc(Cl)cc3)C2=O)ccc1OCc1ccc(Cl)cc1. The molecule has 1 heterocycles. The highest BCUT2D eigenvalue weighted by Gasteiger charge is 2.36. The minimum absolute atomic E-state index is 0.210. The van der Waals surface area contributed by atoms with Crippen LogP contribution in [0.25, 0.3) is 6.08 Å². The van der Waals surface area contributed by atoms with Crippen molar-refractivity contribution in [2.75, 3.05) is 18.5 Å². The van der Waals surface area contributed by atoms with Crippen LogP contribution in [0.1, 0.15) is 18.1 Å². The summed E-state index contributed by atoms with van der Waals surface area (Å²) in [6, 6.07) is 19.1. The smallest absolute Gasteiger partial charge is 0.294 e. The maximum atomic E-state index is 12.9. The molecule has 190 valence electrons. The van der Waals surface area contributed by atoms with Gasteiger partial charge in [0.1, 0.15) is 13.2 Å². The minimum atomic E-state index is -0.540. The van der Waals surface area contributed by atoms with E-state index in [0.29, 0.717) is 46.0 Å². The molecular weight excluding hydrogens is 535 g/mol. The molecule has 0 saturated carbocycles. The molecule has 0 aliphatic carbocycles. The van der Waals surface area contributed by atoms with Gasteiger partial charge in [0.2, 0.25) is 5.91 Å². The highest BCUT2D eigenvalue weighted by Crippen LogP contribution is 2.35. The van der Waals surface area contributed by atoms with Crippen molar-refractivity contribution in [2.45, 2.75) is 13.5 Å². The Morgan fingerprint density at radius 1 is 0.946 bits per heavy atom. The lowest BCUT2D eigenvalue weighted by atomic mass is 10.1. The largest absolute Gasteiger partial charge is 0.490 e. The first-order valence-corrected chi connectivity index (χ1v) is 12.8. The Morgan fingerprint density at radius 3 is 2.30 bits per heavy atom. The van der Waals surface area contributed by atoms with Gasteiger partial charge < -0.3 is 14.8 Å². The summed E-state index contributed by atoms with van der Waals surface area (Å²) in [5, 5.41) is 3.31. The van der Waals surface area contributed by atoms with Gasteiger partial charge >= 0.3 is 0 Å². The fourth-order valence-electron chi connectivity index (χ4n) is 3.41. The Kier molecular flexibility index (Phi) is 8.76. The lowest BCUT2D eigenvalue weighted by molar-refractivity contribution is -0.127. The fourth-order valence-corrected chi connectivity index (χ4v) is 4.50. The first kappa shape index (κ1) is 26.6. The van der Waals surface area contributed by atoms with E-state index in [1.54, 1.807) is 60.7 Å². The topological polar surface area (TPSA) is 84.9 Å². The number of ether oxygens (including phenoxy) is 2. The van der Waals surface area contributed by atoms with Gasteiger partial charge in [-0.25, -0.2) is 0 Å². The number of thioether (sulfide) groups is 1. The molecule has 1 aliphatic rings. The number of halogens is 2. The molecule has 1 fully saturated rings. The first-order valence-electron chi connectivity index (χ1n) is 11.3. The van der Waals surface area contributed by atoms with E-state index in [9.17, 15) is 14.4 Å². The van der Waals surface area contributed by atoms with Crippen molar-refractivity contribution < 1.29 is 23.9 Å². The van der Waals surface area contributed by atoms with Gasteiger partial charge in [0.05, 0.1) is 11.5 Å². The van der Waals surface area contributed by atoms with Crippen LogP contribution in [0.2, 0.25) is 10.0 Å². The Morgan fingerprint density at radius 2 is 1.62 bits per heavy atom. The lowest BCUT2D eigenvalue weighted by Gasteiger charge is -2.13. The Balaban J connectivity index is 1.44. The third-order valence-electron chi connectivity index (χ3n) is 5.18. The van der Waals surface area contributed by atoms with Crippen molar-refractivity contribution in [1.82, 2.24) is 4.90 Å². The van der Waals surface area contributed by atoms with Crippen LogP contribution >= 0.6 is 35.0 Å². The number of carbonyl (C=O) groups is 3. The van der Waals surface area contributed by atoms with Crippen LogP contribution in [0.15, 0.2) is 71.6 Å². The molecular formula is C27H22Cl2N2O5S. The van der Waals surface area contributed by atoms with Crippen molar-refractivity contribution in [3.05, 3.63) is 92.8 Å². The second kappa shape index (κ2) is 12.2. The number of nitrogens with one attached hydrogen (secondary N) is 1. The lowest BCUT2D eigenvalue weighted by Crippen LogP contribution is -2.36. The Bertz CT molecular complexity index is 1340. The van der Waals surface area contributed by atoms with Crippen LogP contribution in [0.4, 0.5) is 10.5 Å². The summed E-state index contributed by atoms with van der Waals surface area (Å²) in [4.78, 5) is 38.8. The third-order valence-corrected chi connectivity index (χ3v) is 6.59. The minimum Gasteiger partial charge on any atom is -0.490 e. The van der Waals surface area contributed by atoms with E-state index in [-0.39, 0.29) is 4.91 Å². The van der Waals surface area contributed by atoms with E-state index in [2.05, 4.69) is 5.32 Å². The van der Waals surface area contributed by atoms with Gasteiger partial charge in [-0.05, 0) is 84.4 Å². The molecule has 0 spiro atoms. The van der Waals surface area contributed by atoms with Gasteiger partial charge in [-0.1, -0.05) is 41.4 Å². The number of hydrogen-bond acceptors (Lipinski definition) is 6. The van der Waals surface area contributed by atoms with Gasteiger partial charge in [-0.3, -0.25) is 19.3 Å². The number of imide groups is 1. The highest BCUT2D eigenvalue weighted by atomic mass is 35.5. The number of carbonyl (C=O) groups excluding carboxylic acids is 3. The molecule has 4 rings (SSSR count). The number of nitrogens with zero attached hydrogens (tertiary/aromatic N) is 1. The van der Waals surface area contributed by atoms with Crippen LogP contribution < -0.4 is 14.8 Å². The number of benzene rings is 3. The maximum absolute atomic E-state index is 12.9. The summed E-state index contributed by atoms with van der Waals surface area (Å²) >= 11 is 12.6. The van der Waals surface area contributed by atoms with Crippen molar-refractivity contribution in [3.63, 3.8) is 0 Å². The second-order valence-corrected chi connectivity index (χ2v) is 9.74. The van der Waals surface area contributed by atoms with E-state index in [1.807, 2.05) is 19.1 Å². The molecule has 0 atom stereocenters. The molecule has 3 aromatic rings. The molecule has 1 saturated heterocycles. The van der Waals surface area contributed by atoms with Gasteiger partial charge in [-0.15, -0.1) is 0 Å². The van der Waals surface area contributed by atoms with E-state index >= 15 is 0 Å². The predicted octanol–water partition coefficient (Wildman–Crippen LogP) is 6.65. The molecule has 3 aromatic carbocycles. The summed E-state index contributed by atoms with van der Waals surface area (Å²) in [6.45, 7) is 2.20. The summed E-state index contributed by atoms with van der Waals surface area (Å²) in [5.41, 5.74) is 2.11. The summed E-state index contributed by atoms with van der Waals surface area (Å²) in [7, 11) is 0. The normalized spacial score (nSPS) is 14.2. The molecule has 3 amide bonds. The van der Waals surface area contributed by atoms with Gasteiger partial charge in [-0.2, -0.15) is 0 Å².